The molecule has 2 unspecified atom stereocenters. The lowest BCUT2D eigenvalue weighted by molar-refractivity contribution is -0.133. The summed E-state index contributed by atoms with van der Waals surface area (Å²) in [5, 5.41) is 16.1. The maximum atomic E-state index is 14.3. The fraction of sp³-hybridized carbons (Fsp3) is 0.351. The number of hydrogen-bond donors (Lipinski definition) is 8. The highest BCUT2D eigenvalue weighted by molar-refractivity contribution is 5.96. The standard InChI is InChI=1S/C37H49N9O5/c1-37(28-13-6-3-7-14-28,23-25-17-19-27(20-18-25)31(38)39)34(49)46-30(33(48)45-29(32(40)47)16-10-22-43-35(41)42)15-8-9-21-44-36(50)51-24-26-11-4-2-5-12-26/h2-7,11-14,17-20,29-30H,8-10,15-16,21-24H2,1H3,(H3,38,39)(H2,40,47)(H,44,50)(H,45,48)(H,46,49)(H4,41,42,43)/t29?,30?,37-/m0/s1. The number of alkyl carbamates (subject to hydrolysis) is 1. The van der Waals surface area contributed by atoms with Crippen LogP contribution < -0.4 is 38.9 Å². The number of aliphatic imine (C=N–C) groups is 1. The van der Waals surface area contributed by atoms with Crippen LogP contribution in [0.5, 0.6) is 0 Å². The molecule has 4 amide bonds. The highest BCUT2D eigenvalue weighted by atomic mass is 16.5. The second kappa shape index (κ2) is 19.9. The van der Waals surface area contributed by atoms with Crippen LogP contribution in [-0.4, -0.2) is 60.8 Å². The highest BCUT2D eigenvalue weighted by Crippen LogP contribution is 2.29. The number of amidine groups is 1. The molecule has 0 fully saturated rings. The van der Waals surface area contributed by atoms with Crippen LogP contribution in [0.15, 0.2) is 89.9 Å². The first-order valence-electron chi connectivity index (χ1n) is 16.8. The minimum atomic E-state index is -1.12. The van der Waals surface area contributed by atoms with Gasteiger partial charge in [0.1, 0.15) is 24.5 Å². The van der Waals surface area contributed by atoms with Gasteiger partial charge in [-0.1, -0.05) is 84.9 Å². The van der Waals surface area contributed by atoms with Crippen molar-refractivity contribution in [3.8, 4) is 0 Å². The van der Waals surface area contributed by atoms with Gasteiger partial charge in [-0.2, -0.15) is 0 Å². The van der Waals surface area contributed by atoms with Crippen LogP contribution >= 0.6 is 0 Å². The zero-order valence-electron chi connectivity index (χ0n) is 28.9. The summed E-state index contributed by atoms with van der Waals surface area (Å²) in [4.78, 5) is 56.4. The molecule has 272 valence electrons. The van der Waals surface area contributed by atoms with E-state index >= 15 is 0 Å². The van der Waals surface area contributed by atoms with Crippen molar-refractivity contribution in [2.45, 2.75) is 69.6 Å². The predicted molar refractivity (Wildman–Crippen MR) is 196 cm³/mol. The Morgan fingerprint density at radius 1 is 0.784 bits per heavy atom. The van der Waals surface area contributed by atoms with Gasteiger partial charge in [-0.25, -0.2) is 4.79 Å². The van der Waals surface area contributed by atoms with E-state index in [-0.39, 0.29) is 50.8 Å². The van der Waals surface area contributed by atoms with Gasteiger partial charge in [0, 0.05) is 18.7 Å². The summed E-state index contributed by atoms with van der Waals surface area (Å²) in [5.74, 6) is -1.88. The Bertz CT molecular complexity index is 1630. The molecule has 0 saturated heterocycles. The molecule has 0 aliphatic carbocycles. The molecular formula is C37H49N9O5. The van der Waals surface area contributed by atoms with E-state index in [1.165, 1.54) is 0 Å². The first kappa shape index (κ1) is 39.5. The Kier molecular flexibility index (Phi) is 15.4. The number of nitrogens with two attached hydrogens (primary N) is 4. The average molecular weight is 700 g/mol. The smallest absolute Gasteiger partial charge is 0.407 e. The van der Waals surface area contributed by atoms with Crippen molar-refractivity contribution in [1.29, 1.82) is 5.41 Å². The van der Waals surface area contributed by atoms with Crippen LogP contribution in [0.1, 0.15) is 61.3 Å². The number of nitrogen functional groups attached to an aromatic ring is 1. The number of amides is 4. The molecule has 3 atom stereocenters. The molecular weight excluding hydrogens is 650 g/mol. The quantitative estimate of drug-likeness (QED) is 0.0491. The van der Waals surface area contributed by atoms with Crippen LogP contribution in [0, 0.1) is 5.41 Å². The Balaban J connectivity index is 1.75. The number of benzene rings is 3. The van der Waals surface area contributed by atoms with Gasteiger partial charge in [-0.3, -0.25) is 24.8 Å². The number of nitrogens with one attached hydrogen (secondary N) is 4. The van der Waals surface area contributed by atoms with Gasteiger partial charge < -0.3 is 43.6 Å². The lowest BCUT2D eigenvalue weighted by Gasteiger charge is -2.32. The molecule has 3 rings (SSSR count). The van der Waals surface area contributed by atoms with Gasteiger partial charge in [-0.05, 0) is 62.1 Å². The average Bonchev–Trinajstić information content (AvgIpc) is 3.11. The number of nitrogens with zero attached hydrogens (tertiary/aromatic N) is 1. The zero-order valence-corrected chi connectivity index (χ0v) is 28.9. The number of guanidine groups is 1. The van der Waals surface area contributed by atoms with Gasteiger partial charge in [0.15, 0.2) is 5.96 Å². The number of hydrogen-bond acceptors (Lipinski definition) is 7. The molecule has 0 radical (unpaired) electrons. The van der Waals surface area contributed by atoms with Crippen LogP contribution in [0.4, 0.5) is 4.79 Å². The summed E-state index contributed by atoms with van der Waals surface area (Å²) in [5.41, 5.74) is 23.9. The molecule has 12 N–H and O–H groups in total. The number of rotatable bonds is 20. The summed E-state index contributed by atoms with van der Waals surface area (Å²) >= 11 is 0. The van der Waals surface area contributed by atoms with Crippen LogP contribution in [0.25, 0.3) is 0 Å². The molecule has 0 heterocycles. The Morgan fingerprint density at radius 3 is 2.02 bits per heavy atom. The molecule has 3 aromatic rings. The van der Waals surface area contributed by atoms with Crippen LogP contribution in [-0.2, 0) is 37.6 Å². The lowest BCUT2D eigenvalue weighted by atomic mass is 9.76. The molecule has 0 aliphatic rings. The van der Waals surface area contributed by atoms with E-state index in [1.807, 2.05) is 72.8 Å². The van der Waals surface area contributed by atoms with Crippen molar-refractivity contribution in [3.05, 3.63) is 107 Å². The zero-order chi connectivity index (χ0) is 37.2. The van der Waals surface area contributed by atoms with Crippen molar-refractivity contribution in [1.82, 2.24) is 16.0 Å². The summed E-state index contributed by atoms with van der Waals surface area (Å²) in [6, 6.07) is 23.5. The van der Waals surface area contributed by atoms with Gasteiger partial charge >= 0.3 is 6.09 Å². The van der Waals surface area contributed by atoms with E-state index in [9.17, 15) is 19.2 Å². The normalized spacial score (nSPS) is 13.0. The minimum Gasteiger partial charge on any atom is -0.445 e. The second-order valence-electron chi connectivity index (χ2n) is 12.4. The second-order valence-corrected chi connectivity index (χ2v) is 12.4. The summed E-state index contributed by atoms with van der Waals surface area (Å²) in [6.07, 6.45) is 1.40. The minimum absolute atomic E-state index is 0.0660. The van der Waals surface area contributed by atoms with Gasteiger partial charge in [-0.15, -0.1) is 0 Å². The molecule has 0 saturated carbocycles. The predicted octanol–water partition coefficient (Wildman–Crippen LogP) is 2.08. The number of ether oxygens (including phenoxy) is 1. The first-order valence-corrected chi connectivity index (χ1v) is 16.8. The van der Waals surface area contributed by atoms with Gasteiger partial charge in [0.2, 0.25) is 17.7 Å². The van der Waals surface area contributed by atoms with E-state index in [4.69, 9.17) is 33.1 Å². The number of carbonyl (C=O) groups excluding carboxylic acids is 4. The topological polar surface area (TPSA) is 254 Å². The third kappa shape index (κ3) is 13.1. The summed E-state index contributed by atoms with van der Waals surface area (Å²) < 4.78 is 5.26. The first-order chi connectivity index (χ1) is 24.4. The van der Waals surface area contributed by atoms with Crippen molar-refractivity contribution in [3.63, 3.8) is 0 Å². The van der Waals surface area contributed by atoms with Crippen molar-refractivity contribution in [2.24, 2.45) is 27.9 Å². The Labute approximate surface area is 298 Å². The molecule has 14 heteroatoms. The molecule has 0 spiro atoms. The maximum absolute atomic E-state index is 14.3. The van der Waals surface area contributed by atoms with E-state index in [0.29, 0.717) is 24.8 Å². The molecule has 3 aromatic carbocycles. The number of unbranched alkanes of at least 4 members (excludes halogenated alkanes) is 1. The highest BCUT2D eigenvalue weighted by Gasteiger charge is 2.38. The third-order valence-corrected chi connectivity index (χ3v) is 8.36. The summed E-state index contributed by atoms with van der Waals surface area (Å²) in [6.45, 7) is 2.45. The molecule has 0 aromatic heterocycles. The van der Waals surface area contributed by atoms with Crippen LogP contribution in [0.3, 0.4) is 0 Å². The van der Waals surface area contributed by atoms with Gasteiger partial charge in [0.05, 0.1) is 5.41 Å². The molecule has 0 bridgehead atoms. The van der Waals surface area contributed by atoms with E-state index in [0.717, 1.165) is 16.7 Å². The Morgan fingerprint density at radius 2 is 1.41 bits per heavy atom. The van der Waals surface area contributed by atoms with E-state index in [1.54, 1.807) is 19.1 Å². The van der Waals surface area contributed by atoms with Crippen molar-refractivity contribution in [2.75, 3.05) is 13.1 Å². The number of carbonyl (C=O) groups is 4. The maximum Gasteiger partial charge on any atom is 0.407 e. The van der Waals surface area contributed by atoms with Gasteiger partial charge in [0.25, 0.3) is 0 Å². The summed E-state index contributed by atoms with van der Waals surface area (Å²) in [7, 11) is 0. The van der Waals surface area contributed by atoms with E-state index in [2.05, 4.69) is 20.9 Å². The van der Waals surface area contributed by atoms with Crippen molar-refractivity contribution >= 4 is 35.6 Å². The largest absolute Gasteiger partial charge is 0.445 e. The molecule has 0 aliphatic heterocycles. The fourth-order valence-electron chi connectivity index (χ4n) is 5.42. The van der Waals surface area contributed by atoms with E-state index < -0.39 is 41.3 Å². The SMILES string of the molecule is C[C@@](Cc1ccc(C(=N)N)cc1)(C(=O)NC(CCCCNC(=O)OCc1ccccc1)C(=O)NC(CCCN=C(N)N)C(N)=O)c1ccccc1. The van der Waals surface area contributed by atoms with Crippen LogP contribution in [0.2, 0.25) is 0 Å². The fourth-order valence-corrected chi connectivity index (χ4v) is 5.42. The third-order valence-electron chi connectivity index (χ3n) is 8.36. The Hall–Kier alpha value is -5.92. The van der Waals surface area contributed by atoms with Crippen molar-refractivity contribution < 1.29 is 23.9 Å². The number of primary amides is 1. The lowest BCUT2D eigenvalue weighted by Crippen LogP contribution is -2.56. The molecule has 51 heavy (non-hydrogen) atoms. The monoisotopic (exact) mass is 699 g/mol. The molecule has 14 nitrogen and oxygen atoms in total.